The van der Waals surface area contributed by atoms with Crippen molar-refractivity contribution in [3.05, 3.63) is 0 Å². The van der Waals surface area contributed by atoms with Crippen molar-refractivity contribution in [3.63, 3.8) is 0 Å². The summed E-state index contributed by atoms with van der Waals surface area (Å²) < 4.78 is 0. The van der Waals surface area contributed by atoms with Gasteiger partial charge >= 0.3 is 0 Å². The minimum atomic E-state index is -0.457. The van der Waals surface area contributed by atoms with Crippen LogP contribution < -0.4 is 0 Å². The van der Waals surface area contributed by atoms with Gasteiger partial charge in [-0.25, -0.2) is 0 Å². The zero-order chi connectivity index (χ0) is 10.2. The van der Waals surface area contributed by atoms with Crippen molar-refractivity contribution in [2.75, 3.05) is 0 Å². The fraction of sp³-hybridized carbons (Fsp3) is 0.909. The highest BCUT2D eigenvalue weighted by atomic mass is 16.3. The molecule has 0 heterocycles. The summed E-state index contributed by atoms with van der Waals surface area (Å²) in [6.07, 6.45) is 7.22. The first-order chi connectivity index (χ1) is 6.18. The van der Waals surface area contributed by atoms with Crippen molar-refractivity contribution in [1.29, 1.82) is 0 Å². The van der Waals surface area contributed by atoms with Crippen LogP contribution in [0.15, 0.2) is 0 Å². The van der Waals surface area contributed by atoms with Gasteiger partial charge < -0.3 is 9.90 Å². The van der Waals surface area contributed by atoms with Crippen LogP contribution in [0.4, 0.5) is 0 Å². The summed E-state index contributed by atoms with van der Waals surface area (Å²) >= 11 is 0. The maximum atomic E-state index is 10.0. The zero-order valence-electron chi connectivity index (χ0n) is 8.88. The van der Waals surface area contributed by atoms with E-state index in [4.69, 9.17) is 0 Å². The lowest BCUT2D eigenvalue weighted by atomic mass is 9.91. The van der Waals surface area contributed by atoms with E-state index in [0.29, 0.717) is 6.42 Å². The minimum Gasteiger partial charge on any atom is -0.390 e. The highest BCUT2D eigenvalue weighted by Crippen LogP contribution is 2.22. The van der Waals surface area contributed by atoms with Crippen molar-refractivity contribution in [2.24, 2.45) is 0 Å². The number of hydrogen-bond donors (Lipinski definition) is 1. The van der Waals surface area contributed by atoms with Crippen LogP contribution in [0.5, 0.6) is 0 Å². The van der Waals surface area contributed by atoms with Gasteiger partial charge in [0, 0.05) is 6.42 Å². The average molecular weight is 186 g/mol. The maximum absolute atomic E-state index is 10.0. The number of unbranched alkanes of at least 4 members (excludes halogenated alkanes) is 3. The van der Waals surface area contributed by atoms with Crippen LogP contribution in [0, 0.1) is 0 Å². The van der Waals surface area contributed by atoms with E-state index in [2.05, 4.69) is 0 Å². The molecule has 0 aromatic heterocycles. The summed E-state index contributed by atoms with van der Waals surface area (Å²) in [6, 6.07) is 0. The summed E-state index contributed by atoms with van der Waals surface area (Å²) in [4.78, 5) is 10.0. The van der Waals surface area contributed by atoms with Crippen molar-refractivity contribution < 1.29 is 9.90 Å². The fourth-order valence-electron chi connectivity index (χ4n) is 1.46. The van der Waals surface area contributed by atoms with Gasteiger partial charge in [0.15, 0.2) is 0 Å². The quantitative estimate of drug-likeness (QED) is 0.467. The monoisotopic (exact) mass is 186 g/mol. The first-order valence-electron chi connectivity index (χ1n) is 5.34. The van der Waals surface area contributed by atoms with Crippen LogP contribution in [0.3, 0.4) is 0 Å². The molecule has 0 aromatic rings. The second-order valence-electron chi connectivity index (χ2n) is 3.70. The zero-order valence-corrected chi connectivity index (χ0v) is 8.88. The Morgan fingerprint density at radius 1 is 1.15 bits per heavy atom. The maximum Gasteiger partial charge on any atom is 0.119 e. The minimum absolute atomic E-state index is 0.457. The normalized spacial score (nSPS) is 11.6. The van der Waals surface area contributed by atoms with E-state index < -0.39 is 5.60 Å². The Balaban J connectivity index is 3.44. The van der Waals surface area contributed by atoms with Crippen LogP contribution in [-0.2, 0) is 4.79 Å². The molecule has 0 bridgehead atoms. The predicted molar refractivity (Wildman–Crippen MR) is 54.7 cm³/mol. The van der Waals surface area contributed by atoms with Crippen molar-refractivity contribution >= 4 is 6.29 Å². The molecule has 0 aliphatic heterocycles. The Labute approximate surface area is 81.3 Å². The van der Waals surface area contributed by atoms with Gasteiger partial charge in [-0.05, 0) is 25.7 Å². The van der Waals surface area contributed by atoms with E-state index in [-0.39, 0.29) is 0 Å². The fourth-order valence-corrected chi connectivity index (χ4v) is 1.46. The summed E-state index contributed by atoms with van der Waals surface area (Å²) in [6.45, 7) is 4.05. The Morgan fingerprint density at radius 2 is 1.77 bits per heavy atom. The van der Waals surface area contributed by atoms with Gasteiger partial charge in [-0.3, -0.25) is 0 Å². The molecule has 0 saturated heterocycles. The van der Waals surface area contributed by atoms with E-state index in [1.54, 1.807) is 0 Å². The Kier molecular flexibility index (Phi) is 6.87. The Morgan fingerprint density at radius 3 is 2.23 bits per heavy atom. The number of rotatable bonds is 8. The molecular weight excluding hydrogens is 164 g/mol. The highest BCUT2D eigenvalue weighted by Gasteiger charge is 2.20. The molecular formula is C11H22O2. The van der Waals surface area contributed by atoms with Crippen LogP contribution in [0.25, 0.3) is 0 Å². The molecule has 0 saturated carbocycles. The lowest BCUT2D eigenvalue weighted by Crippen LogP contribution is -2.26. The van der Waals surface area contributed by atoms with Gasteiger partial charge in [0.1, 0.15) is 6.29 Å². The smallest absolute Gasteiger partial charge is 0.119 e. The lowest BCUT2D eigenvalue weighted by molar-refractivity contribution is -0.107. The summed E-state index contributed by atoms with van der Waals surface area (Å²) in [7, 11) is 0. The predicted octanol–water partition coefficient (Wildman–Crippen LogP) is 2.69. The van der Waals surface area contributed by atoms with Gasteiger partial charge in [-0.1, -0.05) is 26.7 Å². The van der Waals surface area contributed by atoms with Crippen LogP contribution >= 0.6 is 0 Å². The summed E-state index contributed by atoms with van der Waals surface area (Å²) in [5, 5.41) is 9.92. The third-order valence-corrected chi connectivity index (χ3v) is 2.78. The number of hydrogen-bond acceptors (Lipinski definition) is 2. The van der Waals surface area contributed by atoms with Gasteiger partial charge in [0.05, 0.1) is 5.60 Å². The largest absolute Gasteiger partial charge is 0.390 e. The standard InChI is InChI=1S/C11H22O2/c1-3-11(13,4-2)9-7-5-6-8-10-12/h10,13H,3-9H2,1-2H3. The van der Waals surface area contributed by atoms with E-state index in [9.17, 15) is 9.90 Å². The van der Waals surface area contributed by atoms with Crippen LogP contribution in [-0.4, -0.2) is 17.0 Å². The molecule has 0 spiro atoms. The topological polar surface area (TPSA) is 37.3 Å². The van der Waals surface area contributed by atoms with Crippen molar-refractivity contribution in [2.45, 2.75) is 64.4 Å². The molecule has 2 nitrogen and oxygen atoms in total. The molecule has 0 radical (unpaired) electrons. The Hall–Kier alpha value is -0.370. The van der Waals surface area contributed by atoms with Crippen molar-refractivity contribution in [3.8, 4) is 0 Å². The first-order valence-corrected chi connectivity index (χ1v) is 5.34. The summed E-state index contributed by atoms with van der Waals surface area (Å²) in [5.41, 5.74) is -0.457. The molecule has 0 atom stereocenters. The molecule has 0 fully saturated rings. The number of carbonyl (C=O) groups excluding carboxylic acids is 1. The summed E-state index contributed by atoms with van der Waals surface area (Å²) in [5.74, 6) is 0. The average Bonchev–Trinajstić information content (AvgIpc) is 2.17. The number of aldehydes is 1. The molecule has 0 unspecified atom stereocenters. The Bertz CT molecular complexity index is 128. The first kappa shape index (κ1) is 12.6. The molecule has 2 heteroatoms. The van der Waals surface area contributed by atoms with E-state index in [1.165, 1.54) is 0 Å². The molecule has 78 valence electrons. The molecule has 13 heavy (non-hydrogen) atoms. The van der Waals surface area contributed by atoms with Gasteiger partial charge in [-0.15, -0.1) is 0 Å². The van der Waals surface area contributed by atoms with Gasteiger partial charge in [0.25, 0.3) is 0 Å². The van der Waals surface area contributed by atoms with E-state index in [0.717, 1.165) is 44.8 Å². The molecule has 0 aromatic carbocycles. The molecule has 0 rings (SSSR count). The van der Waals surface area contributed by atoms with Crippen LogP contribution in [0.1, 0.15) is 58.8 Å². The van der Waals surface area contributed by atoms with Gasteiger partial charge in [0.2, 0.25) is 0 Å². The van der Waals surface area contributed by atoms with Crippen molar-refractivity contribution in [1.82, 2.24) is 0 Å². The number of aliphatic hydroxyl groups is 1. The molecule has 0 amide bonds. The molecule has 0 aliphatic rings. The second-order valence-corrected chi connectivity index (χ2v) is 3.70. The molecule has 1 N–H and O–H groups in total. The molecule has 0 aliphatic carbocycles. The lowest BCUT2D eigenvalue weighted by Gasteiger charge is -2.24. The van der Waals surface area contributed by atoms with E-state index in [1.807, 2.05) is 13.8 Å². The van der Waals surface area contributed by atoms with Gasteiger partial charge in [-0.2, -0.15) is 0 Å². The van der Waals surface area contributed by atoms with E-state index >= 15 is 0 Å². The van der Waals surface area contributed by atoms with Crippen LogP contribution in [0.2, 0.25) is 0 Å². The third-order valence-electron chi connectivity index (χ3n) is 2.78. The third kappa shape index (κ3) is 5.81. The number of carbonyl (C=O) groups is 1. The highest BCUT2D eigenvalue weighted by molar-refractivity contribution is 5.48. The SMILES string of the molecule is CCC(O)(CC)CCCCCC=O. The second kappa shape index (κ2) is 7.07.